The summed E-state index contributed by atoms with van der Waals surface area (Å²) in [7, 11) is 0. The Morgan fingerprint density at radius 2 is 1.07 bits per heavy atom. The summed E-state index contributed by atoms with van der Waals surface area (Å²) in [5.74, 6) is 1.52. The SMILES string of the molecule is OCCC1CCCC(CCO)CCC1. The molecule has 1 rings (SSSR count). The van der Waals surface area contributed by atoms with Gasteiger partial charge >= 0.3 is 0 Å². The van der Waals surface area contributed by atoms with Gasteiger partial charge in [0.15, 0.2) is 0 Å². The molecule has 1 saturated carbocycles. The molecule has 1 fully saturated rings. The van der Waals surface area contributed by atoms with Gasteiger partial charge in [-0.3, -0.25) is 0 Å². The number of aliphatic hydroxyl groups is 2. The molecule has 2 nitrogen and oxygen atoms in total. The van der Waals surface area contributed by atoms with Crippen LogP contribution in [0.15, 0.2) is 0 Å². The molecule has 0 unspecified atom stereocenters. The number of hydrogen-bond donors (Lipinski definition) is 2. The molecule has 14 heavy (non-hydrogen) atoms. The largest absolute Gasteiger partial charge is 0.396 e. The Bertz CT molecular complexity index is 112. The number of rotatable bonds is 4. The molecule has 2 heteroatoms. The lowest BCUT2D eigenvalue weighted by Gasteiger charge is -2.23. The van der Waals surface area contributed by atoms with Gasteiger partial charge < -0.3 is 10.2 Å². The van der Waals surface area contributed by atoms with Gasteiger partial charge in [-0.05, 0) is 24.7 Å². The first-order valence-electron chi connectivity index (χ1n) is 6.08. The zero-order valence-electron chi connectivity index (χ0n) is 9.12. The third-order valence-electron chi connectivity index (χ3n) is 3.52. The normalized spacial score (nSPS) is 29.6. The molecule has 0 spiro atoms. The van der Waals surface area contributed by atoms with Crippen LogP contribution in [-0.2, 0) is 0 Å². The highest BCUT2D eigenvalue weighted by atomic mass is 16.3. The van der Waals surface area contributed by atoms with Gasteiger partial charge in [-0.25, -0.2) is 0 Å². The molecule has 0 atom stereocenters. The second-order valence-electron chi connectivity index (χ2n) is 4.62. The summed E-state index contributed by atoms with van der Waals surface area (Å²) in [5, 5.41) is 17.8. The second kappa shape index (κ2) is 7.24. The van der Waals surface area contributed by atoms with Crippen LogP contribution >= 0.6 is 0 Å². The van der Waals surface area contributed by atoms with Crippen LogP contribution in [0.3, 0.4) is 0 Å². The topological polar surface area (TPSA) is 40.5 Å². The summed E-state index contributed by atoms with van der Waals surface area (Å²) >= 11 is 0. The summed E-state index contributed by atoms with van der Waals surface area (Å²) in [6.45, 7) is 0.704. The van der Waals surface area contributed by atoms with E-state index in [1.54, 1.807) is 0 Å². The average Bonchev–Trinajstić information content (AvgIpc) is 2.13. The summed E-state index contributed by atoms with van der Waals surface area (Å²) < 4.78 is 0. The Balaban J connectivity index is 2.20. The predicted octanol–water partition coefficient (Wildman–Crippen LogP) is 2.34. The molecule has 0 amide bonds. The third kappa shape index (κ3) is 4.43. The first-order valence-corrected chi connectivity index (χ1v) is 6.08. The minimum atomic E-state index is 0.352. The lowest BCUT2D eigenvalue weighted by Crippen LogP contribution is -2.11. The van der Waals surface area contributed by atoms with Gasteiger partial charge in [0, 0.05) is 13.2 Å². The molecule has 0 saturated heterocycles. The minimum absolute atomic E-state index is 0.352. The fourth-order valence-electron chi connectivity index (χ4n) is 2.62. The van der Waals surface area contributed by atoms with Crippen molar-refractivity contribution in [3.05, 3.63) is 0 Å². The van der Waals surface area contributed by atoms with Crippen molar-refractivity contribution >= 4 is 0 Å². The molecule has 0 aliphatic heterocycles. The van der Waals surface area contributed by atoms with Gasteiger partial charge in [0.2, 0.25) is 0 Å². The maximum atomic E-state index is 8.88. The van der Waals surface area contributed by atoms with Crippen molar-refractivity contribution in [2.45, 2.75) is 51.4 Å². The van der Waals surface area contributed by atoms with Crippen molar-refractivity contribution in [2.75, 3.05) is 13.2 Å². The van der Waals surface area contributed by atoms with Gasteiger partial charge in [-0.2, -0.15) is 0 Å². The Hall–Kier alpha value is -0.0800. The highest BCUT2D eigenvalue weighted by molar-refractivity contribution is 4.68. The van der Waals surface area contributed by atoms with Crippen molar-refractivity contribution < 1.29 is 10.2 Å². The predicted molar refractivity (Wildman–Crippen MR) is 58.1 cm³/mol. The molecule has 0 bridgehead atoms. The van der Waals surface area contributed by atoms with E-state index in [-0.39, 0.29) is 0 Å². The Morgan fingerprint density at radius 1 is 0.714 bits per heavy atom. The van der Waals surface area contributed by atoms with E-state index in [9.17, 15) is 0 Å². The van der Waals surface area contributed by atoms with E-state index in [1.165, 1.54) is 38.5 Å². The molecular weight excluding hydrogens is 176 g/mol. The second-order valence-corrected chi connectivity index (χ2v) is 4.62. The molecule has 0 aromatic heterocycles. The Kier molecular flexibility index (Phi) is 6.20. The smallest absolute Gasteiger partial charge is 0.0433 e. The molecule has 0 heterocycles. The monoisotopic (exact) mass is 200 g/mol. The van der Waals surface area contributed by atoms with Crippen LogP contribution in [-0.4, -0.2) is 23.4 Å². The van der Waals surface area contributed by atoms with E-state index < -0.39 is 0 Å². The van der Waals surface area contributed by atoms with Crippen LogP contribution in [0.4, 0.5) is 0 Å². The summed E-state index contributed by atoms with van der Waals surface area (Å²) in [4.78, 5) is 0. The Labute approximate surface area is 87.3 Å². The fraction of sp³-hybridized carbons (Fsp3) is 1.00. The fourth-order valence-corrected chi connectivity index (χ4v) is 2.62. The summed E-state index contributed by atoms with van der Waals surface area (Å²) in [6.07, 6.45) is 9.68. The molecule has 0 radical (unpaired) electrons. The number of hydrogen-bond acceptors (Lipinski definition) is 2. The lowest BCUT2D eigenvalue weighted by atomic mass is 9.83. The van der Waals surface area contributed by atoms with Crippen LogP contribution in [0.1, 0.15) is 51.4 Å². The molecule has 84 valence electrons. The van der Waals surface area contributed by atoms with Crippen molar-refractivity contribution in [2.24, 2.45) is 11.8 Å². The quantitative estimate of drug-likeness (QED) is 0.731. The van der Waals surface area contributed by atoms with Crippen molar-refractivity contribution in [3.8, 4) is 0 Å². The van der Waals surface area contributed by atoms with Crippen LogP contribution in [0.2, 0.25) is 0 Å². The molecule has 1 aliphatic rings. The third-order valence-corrected chi connectivity index (χ3v) is 3.52. The molecular formula is C12H24O2. The first-order chi connectivity index (χ1) is 6.86. The number of aliphatic hydroxyl groups excluding tert-OH is 2. The standard InChI is InChI=1S/C12H24O2/c13-9-7-11-3-1-4-12(8-10-14)6-2-5-11/h11-14H,1-10H2. The maximum Gasteiger partial charge on any atom is 0.0433 e. The lowest BCUT2D eigenvalue weighted by molar-refractivity contribution is 0.208. The van der Waals surface area contributed by atoms with E-state index in [0.29, 0.717) is 13.2 Å². The van der Waals surface area contributed by atoms with Crippen LogP contribution < -0.4 is 0 Å². The van der Waals surface area contributed by atoms with Gasteiger partial charge in [-0.15, -0.1) is 0 Å². The minimum Gasteiger partial charge on any atom is -0.396 e. The molecule has 1 aliphatic carbocycles. The highest BCUT2D eigenvalue weighted by Crippen LogP contribution is 2.29. The zero-order chi connectivity index (χ0) is 10.2. The Morgan fingerprint density at radius 3 is 1.36 bits per heavy atom. The zero-order valence-corrected chi connectivity index (χ0v) is 9.12. The van der Waals surface area contributed by atoms with E-state index in [2.05, 4.69) is 0 Å². The van der Waals surface area contributed by atoms with Gasteiger partial charge in [0.05, 0.1) is 0 Å². The highest BCUT2D eigenvalue weighted by Gasteiger charge is 2.15. The van der Waals surface area contributed by atoms with Gasteiger partial charge in [-0.1, -0.05) is 38.5 Å². The van der Waals surface area contributed by atoms with E-state index >= 15 is 0 Å². The first kappa shape index (κ1) is 12.0. The van der Waals surface area contributed by atoms with Crippen LogP contribution in [0.5, 0.6) is 0 Å². The average molecular weight is 200 g/mol. The molecule has 0 aromatic rings. The van der Waals surface area contributed by atoms with Crippen molar-refractivity contribution in [1.82, 2.24) is 0 Å². The van der Waals surface area contributed by atoms with Gasteiger partial charge in [0.1, 0.15) is 0 Å². The molecule has 2 N–H and O–H groups in total. The van der Waals surface area contributed by atoms with E-state index in [4.69, 9.17) is 10.2 Å². The van der Waals surface area contributed by atoms with E-state index in [0.717, 1.165) is 24.7 Å². The summed E-state index contributed by atoms with van der Waals surface area (Å²) in [6, 6.07) is 0. The molecule has 0 aromatic carbocycles. The van der Waals surface area contributed by atoms with Crippen LogP contribution in [0, 0.1) is 11.8 Å². The van der Waals surface area contributed by atoms with Crippen molar-refractivity contribution in [1.29, 1.82) is 0 Å². The van der Waals surface area contributed by atoms with Crippen molar-refractivity contribution in [3.63, 3.8) is 0 Å². The van der Waals surface area contributed by atoms with Crippen LogP contribution in [0.25, 0.3) is 0 Å². The van der Waals surface area contributed by atoms with Gasteiger partial charge in [0.25, 0.3) is 0 Å². The maximum absolute atomic E-state index is 8.88. The van der Waals surface area contributed by atoms with E-state index in [1.807, 2.05) is 0 Å². The summed E-state index contributed by atoms with van der Waals surface area (Å²) in [5.41, 5.74) is 0.